The smallest absolute Gasteiger partial charge is 0.254 e. The second-order valence-electron chi connectivity index (χ2n) is 13.8. The van der Waals surface area contributed by atoms with Crippen molar-refractivity contribution >= 4 is 33.8 Å². The van der Waals surface area contributed by atoms with Crippen LogP contribution in [0.3, 0.4) is 0 Å². The van der Waals surface area contributed by atoms with E-state index in [9.17, 15) is 9.00 Å². The molecule has 3 aromatic rings. The number of rotatable bonds is 4. The number of fused-ring (bicyclic) bond motifs is 4. The van der Waals surface area contributed by atoms with Gasteiger partial charge in [0.25, 0.3) is 5.91 Å². The van der Waals surface area contributed by atoms with E-state index < -0.39 is 16.5 Å². The Morgan fingerprint density at radius 2 is 1.98 bits per heavy atom. The molecule has 2 aliphatic heterocycles. The van der Waals surface area contributed by atoms with Crippen molar-refractivity contribution in [2.45, 2.75) is 63.3 Å². The van der Waals surface area contributed by atoms with Crippen LogP contribution in [0.1, 0.15) is 59.8 Å². The second kappa shape index (κ2) is 14.3. The SMILES string of the molecule is CO[C@H]1/C=C/[C@H](OCc2ccccn2)[C@H](C)C[S-](=O)=NC(=O)c2ccc3c(c2)N(C[C@@H]2CC[C@H]21)C[C@@]1(CCCc2cc(Cl)ccc21)CO3. The molecule has 4 aliphatic rings. The Morgan fingerprint density at radius 1 is 1.10 bits per heavy atom. The fourth-order valence-corrected chi connectivity index (χ4v) is 9.18. The molecule has 3 heterocycles. The lowest BCUT2D eigenvalue weighted by molar-refractivity contribution is 0.00990. The Bertz CT molecular complexity index is 1760. The van der Waals surface area contributed by atoms with Gasteiger partial charge in [-0.05, 0) is 103 Å². The number of benzene rings is 2. The average molecular weight is 689 g/mol. The van der Waals surface area contributed by atoms with Gasteiger partial charge in [-0.25, -0.2) is 0 Å². The van der Waals surface area contributed by atoms with E-state index in [1.807, 2.05) is 49.4 Å². The van der Waals surface area contributed by atoms with Crippen LogP contribution in [0.2, 0.25) is 5.02 Å². The predicted octanol–water partition coefficient (Wildman–Crippen LogP) is 7.33. The normalized spacial score (nSPS) is 29.9. The zero-order valence-corrected chi connectivity index (χ0v) is 29.1. The summed E-state index contributed by atoms with van der Waals surface area (Å²) in [4.78, 5) is 20.3. The molecule has 48 heavy (non-hydrogen) atoms. The van der Waals surface area contributed by atoms with Gasteiger partial charge in [0, 0.05) is 42.4 Å². The number of pyridine rings is 1. The highest BCUT2D eigenvalue weighted by Gasteiger charge is 2.44. The van der Waals surface area contributed by atoms with E-state index in [2.05, 4.69) is 32.5 Å². The molecule has 254 valence electrons. The van der Waals surface area contributed by atoms with Gasteiger partial charge >= 0.3 is 0 Å². The van der Waals surface area contributed by atoms with Gasteiger partial charge in [0.1, 0.15) is 5.75 Å². The third kappa shape index (κ3) is 6.93. The van der Waals surface area contributed by atoms with Crippen molar-refractivity contribution in [3.8, 4) is 5.75 Å². The summed E-state index contributed by atoms with van der Waals surface area (Å²) in [6, 6.07) is 17.5. The number of halogens is 1. The molecular formula is C38H43ClN3O5S-. The second-order valence-corrected chi connectivity index (χ2v) is 15.4. The average Bonchev–Trinajstić information content (AvgIpc) is 3.22. The van der Waals surface area contributed by atoms with E-state index in [0.717, 1.165) is 67.3 Å². The van der Waals surface area contributed by atoms with Crippen LogP contribution in [0.25, 0.3) is 0 Å². The number of hydrogen-bond acceptors (Lipinski definition) is 8. The molecule has 0 unspecified atom stereocenters. The third-order valence-electron chi connectivity index (χ3n) is 10.7. The number of ether oxygens (including phenoxy) is 3. The molecule has 1 saturated carbocycles. The highest BCUT2D eigenvalue weighted by atomic mass is 35.5. The van der Waals surface area contributed by atoms with E-state index in [1.165, 1.54) is 11.1 Å². The molecule has 8 nitrogen and oxygen atoms in total. The van der Waals surface area contributed by atoms with Gasteiger partial charge in [-0.2, -0.15) is 10.6 Å². The lowest BCUT2D eigenvalue weighted by atomic mass is 9.68. The van der Waals surface area contributed by atoms with Crippen molar-refractivity contribution in [1.82, 2.24) is 4.98 Å². The van der Waals surface area contributed by atoms with Gasteiger partial charge < -0.3 is 27.7 Å². The van der Waals surface area contributed by atoms with Crippen LogP contribution in [-0.2, 0) is 42.7 Å². The van der Waals surface area contributed by atoms with E-state index in [-0.39, 0.29) is 29.3 Å². The molecule has 6 atom stereocenters. The summed E-state index contributed by atoms with van der Waals surface area (Å²) in [7, 11) is 0.0282. The number of carbonyl (C=O) groups excluding carboxylic acids is 1. The highest BCUT2D eigenvalue weighted by Crippen LogP contribution is 2.47. The van der Waals surface area contributed by atoms with Gasteiger partial charge in [0.2, 0.25) is 0 Å². The molecule has 0 saturated heterocycles. The van der Waals surface area contributed by atoms with Crippen LogP contribution in [0.15, 0.2) is 77.3 Å². The van der Waals surface area contributed by atoms with Gasteiger partial charge in [-0.3, -0.25) is 9.78 Å². The first-order valence-corrected chi connectivity index (χ1v) is 18.7. The van der Waals surface area contributed by atoms with Crippen LogP contribution < -0.4 is 9.64 Å². The van der Waals surface area contributed by atoms with Crippen LogP contribution in [0, 0.1) is 17.8 Å². The molecular weight excluding hydrogens is 646 g/mol. The van der Waals surface area contributed by atoms with E-state index in [0.29, 0.717) is 30.6 Å². The van der Waals surface area contributed by atoms with Crippen molar-refractivity contribution in [2.75, 3.05) is 37.5 Å². The zero-order valence-electron chi connectivity index (χ0n) is 27.6. The van der Waals surface area contributed by atoms with Crippen molar-refractivity contribution in [3.05, 3.63) is 100 Å². The highest BCUT2D eigenvalue weighted by molar-refractivity contribution is 7.75. The fourth-order valence-electron chi connectivity index (χ4n) is 7.98. The zero-order chi connectivity index (χ0) is 33.3. The van der Waals surface area contributed by atoms with Crippen LogP contribution in [0.5, 0.6) is 5.75 Å². The molecule has 1 aromatic heterocycles. The lowest BCUT2D eigenvalue weighted by Gasteiger charge is -2.46. The summed E-state index contributed by atoms with van der Waals surface area (Å²) < 4.78 is 36.5. The van der Waals surface area contributed by atoms with Crippen molar-refractivity contribution in [1.29, 1.82) is 0 Å². The lowest BCUT2D eigenvalue weighted by Crippen LogP contribution is -2.49. The predicted molar refractivity (Wildman–Crippen MR) is 188 cm³/mol. The summed E-state index contributed by atoms with van der Waals surface area (Å²) in [5, 5.41) is 0.757. The minimum Gasteiger partial charge on any atom is -0.490 e. The summed E-state index contributed by atoms with van der Waals surface area (Å²) >= 11 is 6.45. The van der Waals surface area contributed by atoms with E-state index in [1.54, 1.807) is 19.4 Å². The maximum absolute atomic E-state index is 13.5. The summed E-state index contributed by atoms with van der Waals surface area (Å²) in [5.41, 5.74) is 4.48. The largest absolute Gasteiger partial charge is 0.490 e. The first-order chi connectivity index (χ1) is 23.3. The molecule has 10 heteroatoms. The number of aromatic nitrogens is 1. The minimum atomic E-state index is -1.75. The Morgan fingerprint density at radius 3 is 2.77 bits per heavy atom. The van der Waals surface area contributed by atoms with Crippen LogP contribution >= 0.6 is 11.6 Å². The molecule has 0 radical (unpaired) electrons. The first kappa shape index (κ1) is 33.3. The topological polar surface area (TPSA) is 90.3 Å². The Balaban J connectivity index is 1.25. The maximum atomic E-state index is 13.5. The van der Waals surface area contributed by atoms with Gasteiger partial charge in [-0.15, -0.1) is 0 Å². The quantitative estimate of drug-likeness (QED) is 0.210. The minimum absolute atomic E-state index is 0.0953. The van der Waals surface area contributed by atoms with Gasteiger partial charge in [-0.1, -0.05) is 48.6 Å². The van der Waals surface area contributed by atoms with Gasteiger partial charge in [0.05, 0.1) is 36.8 Å². The van der Waals surface area contributed by atoms with E-state index in [4.69, 9.17) is 25.8 Å². The number of methoxy groups -OCH3 is 1. The molecule has 1 fully saturated rings. The summed E-state index contributed by atoms with van der Waals surface area (Å²) in [6.45, 7) is 4.40. The Labute approximate surface area is 290 Å². The number of anilines is 1. The van der Waals surface area contributed by atoms with E-state index >= 15 is 0 Å². The molecule has 2 aromatic carbocycles. The molecule has 0 N–H and O–H groups in total. The molecule has 7 rings (SSSR count). The fraction of sp³-hybridized carbons (Fsp3) is 0.474. The number of carbonyl (C=O) groups is 1. The monoisotopic (exact) mass is 688 g/mol. The van der Waals surface area contributed by atoms with Crippen molar-refractivity contribution in [2.24, 2.45) is 22.1 Å². The number of nitrogens with zero attached hydrogens (tertiary/aromatic N) is 3. The number of hydrogen-bond donors (Lipinski definition) is 0. The summed E-state index contributed by atoms with van der Waals surface area (Å²) in [5.74, 6) is 0.970. The van der Waals surface area contributed by atoms with Crippen molar-refractivity contribution in [3.63, 3.8) is 0 Å². The Kier molecular flexibility index (Phi) is 9.92. The first-order valence-electron chi connectivity index (χ1n) is 17.0. The molecule has 1 spiro atoms. The van der Waals surface area contributed by atoms with Gasteiger partial charge in [0.15, 0.2) is 0 Å². The standard InChI is InChI=1S/C38H43ClN3O5S/c1-25-22-48(44)41-37(43)27-9-13-36-33(19-27)42(23-38(24-47-36)16-5-6-26-18-29(39)10-12-32(26)38)20-28-8-11-31(28)35(45-2)15-14-34(25)46-21-30-7-3-4-17-40-30/h3-4,7,9-10,12-15,17-19,25,28,31,34-35H,5-6,8,11,16,20-24H2,1-2H3/q-1/b15-14+/t25-,28+,31-,34+,35+,38+/m1/s1. The van der Waals surface area contributed by atoms with Crippen LogP contribution in [0.4, 0.5) is 5.69 Å². The maximum Gasteiger partial charge on any atom is 0.254 e. The van der Waals surface area contributed by atoms with Crippen molar-refractivity contribution < 1.29 is 23.2 Å². The molecule has 1 amide bonds. The Hall–Kier alpha value is -3.24. The van der Waals surface area contributed by atoms with Crippen LogP contribution in [-0.4, -0.2) is 55.7 Å². The molecule has 2 bridgehead atoms. The summed E-state index contributed by atoms with van der Waals surface area (Å²) in [6.07, 6.45) is 10.7. The number of aryl methyl sites for hydroxylation is 1. The third-order valence-corrected chi connectivity index (χ3v) is 12.1. The number of amides is 1. The molecule has 2 aliphatic carbocycles.